The number of pyridine rings is 1. The Balaban J connectivity index is 1.70. The molecule has 1 aliphatic heterocycles. The number of carbonyl (C=O) groups is 1. The van der Waals surface area contributed by atoms with Crippen LogP contribution in [0, 0.1) is 5.92 Å². The highest BCUT2D eigenvalue weighted by atomic mass is 16.5. The molecule has 1 saturated heterocycles. The Morgan fingerprint density at radius 2 is 2.26 bits per heavy atom. The van der Waals surface area contributed by atoms with Crippen LogP contribution in [0.15, 0.2) is 18.3 Å². The Hall–Kier alpha value is -1.62. The molecule has 1 aromatic rings. The van der Waals surface area contributed by atoms with Gasteiger partial charge in [-0.05, 0) is 37.3 Å². The number of amides is 1. The van der Waals surface area contributed by atoms with Gasteiger partial charge in [0.2, 0.25) is 0 Å². The number of anilines is 1. The lowest BCUT2D eigenvalue weighted by atomic mass is 10.1. The maximum absolute atomic E-state index is 11.6. The fraction of sp³-hybridized carbons (Fsp3) is 0.571. The summed E-state index contributed by atoms with van der Waals surface area (Å²) in [6.07, 6.45) is 5.58. The Morgan fingerprint density at radius 3 is 3.00 bits per heavy atom. The largest absolute Gasteiger partial charge is 0.379 e. The lowest BCUT2D eigenvalue weighted by molar-refractivity contribution is 0.0898. The van der Waals surface area contributed by atoms with E-state index in [9.17, 15) is 4.79 Å². The topological polar surface area (TPSA) is 63.2 Å². The molecule has 1 saturated carbocycles. The van der Waals surface area contributed by atoms with Gasteiger partial charge in [-0.15, -0.1) is 0 Å². The van der Waals surface area contributed by atoms with Crippen LogP contribution >= 0.6 is 0 Å². The first-order chi connectivity index (χ1) is 9.28. The first-order valence-electron chi connectivity index (χ1n) is 6.84. The third-order valence-electron chi connectivity index (χ3n) is 3.79. The molecular formula is C14H19N3O2. The third kappa shape index (κ3) is 2.71. The molecule has 5 heteroatoms. The van der Waals surface area contributed by atoms with Gasteiger partial charge in [0.15, 0.2) is 0 Å². The second-order valence-electron chi connectivity index (χ2n) is 5.22. The zero-order valence-corrected chi connectivity index (χ0v) is 11.1. The normalized spacial score (nSPS) is 26.2. The number of hydrogen-bond donors (Lipinski definition) is 2. The smallest absolute Gasteiger partial charge is 0.269 e. The molecule has 3 rings (SSSR count). The highest BCUT2D eigenvalue weighted by Gasteiger charge is 2.40. The van der Waals surface area contributed by atoms with E-state index < -0.39 is 0 Å². The molecule has 2 aliphatic rings. The molecular weight excluding hydrogens is 242 g/mol. The van der Waals surface area contributed by atoms with Gasteiger partial charge in [0.1, 0.15) is 5.69 Å². The summed E-state index contributed by atoms with van der Waals surface area (Å²) in [6, 6.07) is 4.04. The van der Waals surface area contributed by atoms with E-state index >= 15 is 0 Å². The first-order valence-corrected chi connectivity index (χ1v) is 6.84. The van der Waals surface area contributed by atoms with Crippen LogP contribution in [0.3, 0.4) is 0 Å². The number of nitrogens with zero attached hydrogens (tertiary/aromatic N) is 1. The summed E-state index contributed by atoms with van der Waals surface area (Å²) < 4.78 is 5.80. The molecule has 2 fully saturated rings. The molecule has 1 aliphatic carbocycles. The summed E-state index contributed by atoms with van der Waals surface area (Å²) in [6.45, 7) is 0.826. The summed E-state index contributed by atoms with van der Waals surface area (Å²) >= 11 is 0. The van der Waals surface area contributed by atoms with Crippen molar-refractivity contribution in [3.8, 4) is 0 Å². The number of nitrogens with one attached hydrogen (secondary N) is 2. The van der Waals surface area contributed by atoms with E-state index in [2.05, 4.69) is 15.6 Å². The van der Waals surface area contributed by atoms with Crippen LogP contribution in [0.2, 0.25) is 0 Å². The zero-order chi connectivity index (χ0) is 13.2. The molecule has 2 atom stereocenters. The predicted molar refractivity (Wildman–Crippen MR) is 72.1 cm³/mol. The summed E-state index contributed by atoms with van der Waals surface area (Å²) in [7, 11) is 1.61. The molecule has 0 radical (unpaired) electrons. The van der Waals surface area contributed by atoms with Gasteiger partial charge >= 0.3 is 0 Å². The zero-order valence-electron chi connectivity index (χ0n) is 11.1. The fourth-order valence-corrected chi connectivity index (χ4v) is 2.64. The summed E-state index contributed by atoms with van der Waals surface area (Å²) in [5, 5.41) is 6.07. The van der Waals surface area contributed by atoms with Gasteiger partial charge in [-0.25, -0.2) is 0 Å². The van der Waals surface area contributed by atoms with Crippen LogP contribution in [0.5, 0.6) is 0 Å². The fourth-order valence-electron chi connectivity index (χ4n) is 2.64. The van der Waals surface area contributed by atoms with E-state index in [1.165, 1.54) is 12.8 Å². The summed E-state index contributed by atoms with van der Waals surface area (Å²) in [4.78, 5) is 15.6. The van der Waals surface area contributed by atoms with Crippen molar-refractivity contribution in [2.75, 3.05) is 19.0 Å². The maximum atomic E-state index is 11.6. The van der Waals surface area contributed by atoms with Crippen molar-refractivity contribution >= 4 is 11.6 Å². The first kappa shape index (κ1) is 12.4. The average molecular weight is 261 g/mol. The molecule has 0 bridgehead atoms. The van der Waals surface area contributed by atoms with Gasteiger partial charge in [0, 0.05) is 25.5 Å². The van der Waals surface area contributed by atoms with E-state index in [4.69, 9.17) is 4.74 Å². The predicted octanol–water partition coefficient (Wildman–Crippen LogP) is 1.42. The molecule has 0 aromatic carbocycles. The Morgan fingerprint density at radius 1 is 1.42 bits per heavy atom. The van der Waals surface area contributed by atoms with Crippen LogP contribution in [0.25, 0.3) is 0 Å². The minimum atomic E-state index is -0.162. The Labute approximate surface area is 112 Å². The van der Waals surface area contributed by atoms with Crippen LogP contribution < -0.4 is 10.6 Å². The molecule has 102 valence electrons. The quantitative estimate of drug-likeness (QED) is 0.860. The average Bonchev–Trinajstić information content (AvgIpc) is 3.19. The standard InChI is InChI=1S/C14H19N3O2/c1-15-14(18)12-8-10(4-6-16-12)17-11-5-7-19-13(11)9-2-3-9/h4,6,8-9,11,13H,2-3,5,7H2,1H3,(H,15,18)(H,16,17). The van der Waals surface area contributed by atoms with Crippen molar-refractivity contribution in [2.45, 2.75) is 31.4 Å². The molecule has 1 amide bonds. The van der Waals surface area contributed by atoms with Crippen molar-refractivity contribution in [1.29, 1.82) is 0 Å². The van der Waals surface area contributed by atoms with Gasteiger partial charge in [-0.1, -0.05) is 0 Å². The Bertz CT molecular complexity index is 474. The van der Waals surface area contributed by atoms with Crippen molar-refractivity contribution < 1.29 is 9.53 Å². The molecule has 1 aromatic heterocycles. The van der Waals surface area contributed by atoms with Gasteiger partial charge in [0.05, 0.1) is 12.1 Å². The van der Waals surface area contributed by atoms with Gasteiger partial charge in [0.25, 0.3) is 5.91 Å². The number of ether oxygens (including phenoxy) is 1. The van der Waals surface area contributed by atoms with Gasteiger partial charge in [-0.2, -0.15) is 0 Å². The maximum Gasteiger partial charge on any atom is 0.269 e. The lowest BCUT2D eigenvalue weighted by Gasteiger charge is -2.20. The van der Waals surface area contributed by atoms with Crippen molar-refractivity contribution in [3.63, 3.8) is 0 Å². The van der Waals surface area contributed by atoms with Crippen LogP contribution in [0.4, 0.5) is 5.69 Å². The van der Waals surface area contributed by atoms with E-state index in [1.54, 1.807) is 19.3 Å². The number of rotatable bonds is 4. The molecule has 2 heterocycles. The van der Waals surface area contributed by atoms with E-state index in [0.717, 1.165) is 24.6 Å². The Kier molecular flexibility index (Phi) is 3.38. The minimum absolute atomic E-state index is 0.162. The molecule has 2 N–H and O–H groups in total. The molecule has 5 nitrogen and oxygen atoms in total. The minimum Gasteiger partial charge on any atom is -0.379 e. The van der Waals surface area contributed by atoms with Crippen LogP contribution in [-0.4, -0.2) is 36.7 Å². The molecule has 2 unspecified atom stereocenters. The number of aromatic nitrogens is 1. The second-order valence-corrected chi connectivity index (χ2v) is 5.22. The van der Waals surface area contributed by atoms with Crippen molar-refractivity contribution in [1.82, 2.24) is 10.3 Å². The highest BCUT2D eigenvalue weighted by Crippen LogP contribution is 2.39. The van der Waals surface area contributed by atoms with Crippen molar-refractivity contribution in [2.24, 2.45) is 5.92 Å². The lowest BCUT2D eigenvalue weighted by Crippen LogP contribution is -2.31. The van der Waals surface area contributed by atoms with Crippen molar-refractivity contribution in [3.05, 3.63) is 24.0 Å². The monoisotopic (exact) mass is 261 g/mol. The SMILES string of the molecule is CNC(=O)c1cc(NC2CCOC2C2CC2)ccn1. The number of carbonyl (C=O) groups excluding carboxylic acids is 1. The summed E-state index contributed by atoms with van der Waals surface area (Å²) in [5.41, 5.74) is 1.38. The van der Waals surface area contributed by atoms with Crippen LogP contribution in [0.1, 0.15) is 29.8 Å². The highest BCUT2D eigenvalue weighted by molar-refractivity contribution is 5.92. The molecule has 0 spiro atoms. The second kappa shape index (κ2) is 5.17. The van der Waals surface area contributed by atoms with Gasteiger partial charge < -0.3 is 15.4 Å². The van der Waals surface area contributed by atoms with Crippen LogP contribution in [-0.2, 0) is 4.74 Å². The van der Waals surface area contributed by atoms with Gasteiger partial charge in [-0.3, -0.25) is 9.78 Å². The summed E-state index contributed by atoms with van der Waals surface area (Å²) in [5.74, 6) is 0.560. The molecule has 19 heavy (non-hydrogen) atoms. The van der Waals surface area contributed by atoms with E-state index in [1.807, 2.05) is 6.07 Å². The van der Waals surface area contributed by atoms with E-state index in [0.29, 0.717) is 17.8 Å². The third-order valence-corrected chi connectivity index (χ3v) is 3.79. The number of hydrogen-bond acceptors (Lipinski definition) is 4. The van der Waals surface area contributed by atoms with E-state index in [-0.39, 0.29) is 5.91 Å².